The molecule has 214 valence electrons. The molecule has 0 bridgehead atoms. The molecule has 5 atom stereocenters. The van der Waals surface area contributed by atoms with Crippen molar-refractivity contribution < 1.29 is 51.0 Å². The summed E-state index contributed by atoms with van der Waals surface area (Å²) < 4.78 is 63.0. The summed E-state index contributed by atoms with van der Waals surface area (Å²) in [4.78, 5) is 57.3. The number of phosphoric ester groups is 1. The van der Waals surface area contributed by atoms with E-state index in [1.807, 2.05) is 0 Å². The first-order chi connectivity index (χ1) is 18.3. The molecule has 0 radical (unpaired) electrons. The molecule has 0 amide bonds. The Balaban J connectivity index is 1.81. The number of nitrogens with one attached hydrogen (secondary N) is 1. The fourth-order valence-corrected chi connectivity index (χ4v) is 7.83. The van der Waals surface area contributed by atoms with Gasteiger partial charge >= 0.3 is 28.9 Å². The molecule has 1 saturated heterocycles. The van der Waals surface area contributed by atoms with Crippen molar-refractivity contribution in [1.29, 1.82) is 0 Å². The molecule has 39 heavy (non-hydrogen) atoms. The van der Waals surface area contributed by atoms with Gasteiger partial charge in [0.25, 0.3) is 5.56 Å². The number of hydrogen-bond acceptors (Lipinski definition) is 12. The molecule has 22 heteroatoms. The first-order valence-electron chi connectivity index (χ1n) is 10.7. The maximum Gasteiger partial charge on any atom is 0.479 e. The number of hydrogen-bond donors (Lipinski definition) is 5. The highest BCUT2D eigenvalue weighted by Crippen LogP contribution is 2.67. The minimum Gasteiger partial charge on any atom is -0.369 e. The van der Waals surface area contributed by atoms with E-state index in [0.717, 1.165) is 22.9 Å². The topological polar surface area (TPSA) is 288 Å². The van der Waals surface area contributed by atoms with Crippen LogP contribution >= 0.6 is 23.2 Å². The van der Waals surface area contributed by atoms with Crippen LogP contribution in [0, 0.1) is 0 Å². The van der Waals surface area contributed by atoms with Gasteiger partial charge in [0.2, 0.25) is 0 Å². The van der Waals surface area contributed by atoms with E-state index in [-0.39, 0.29) is 18.5 Å². The second-order valence-electron chi connectivity index (χ2n) is 7.71. The highest BCUT2D eigenvalue weighted by Gasteiger charge is 2.45. The van der Waals surface area contributed by atoms with Crippen molar-refractivity contribution in [2.24, 2.45) is 10.8 Å². The van der Waals surface area contributed by atoms with Crippen LogP contribution in [0.4, 0.5) is 0 Å². The lowest BCUT2D eigenvalue weighted by Crippen LogP contribution is -2.35. The lowest BCUT2D eigenvalue weighted by atomic mass is 10.2. The van der Waals surface area contributed by atoms with Crippen molar-refractivity contribution >= 4 is 28.5 Å². The van der Waals surface area contributed by atoms with Gasteiger partial charge in [0, 0.05) is 29.6 Å². The largest absolute Gasteiger partial charge is 0.479 e. The smallest absolute Gasteiger partial charge is 0.369 e. The molecule has 1 aliphatic rings. The third kappa shape index (κ3) is 8.51. The van der Waals surface area contributed by atoms with Crippen LogP contribution in [0.5, 0.6) is 0 Å². The molecule has 19 nitrogen and oxygen atoms in total. The van der Waals surface area contributed by atoms with Gasteiger partial charge in [-0.2, -0.15) is 0 Å². The summed E-state index contributed by atoms with van der Waals surface area (Å²) in [5.74, 6) is 0. The van der Waals surface area contributed by atoms with E-state index < -0.39 is 71.6 Å². The molecule has 5 unspecified atom stereocenters. The van der Waals surface area contributed by atoms with Gasteiger partial charge in [-0.15, -0.1) is 0 Å². The molecular weight excluding hydrogens is 589 g/mol. The summed E-state index contributed by atoms with van der Waals surface area (Å²) in [6.07, 6.45) is -2.27. The standard InChI is InChI=1S/C17H23N6O13P3/c18-7-11-8-23(17(25)21-16(11)24)15-6-13(32-10-20-22-19)14(34-15)9-33-39(30,31)36-37(26,35-38(27,28)29)12-4-2-1-3-5-12/h1-5,8,13-15H,6-7,9-10,18H2,(H,30,31)(H,21,24,25)(H2,27,28,29). The monoisotopic (exact) mass is 612 g/mol. The van der Waals surface area contributed by atoms with E-state index in [1.54, 1.807) is 0 Å². The van der Waals surface area contributed by atoms with Crippen LogP contribution in [-0.2, 0) is 42.9 Å². The summed E-state index contributed by atoms with van der Waals surface area (Å²) in [7, 11) is -16.0. The van der Waals surface area contributed by atoms with E-state index in [0.29, 0.717) is 0 Å². The number of ether oxygens (including phenoxy) is 2. The van der Waals surface area contributed by atoms with Crippen LogP contribution in [0.25, 0.3) is 10.4 Å². The van der Waals surface area contributed by atoms with Crippen molar-refractivity contribution in [2.45, 2.75) is 31.4 Å². The Bertz CT molecular complexity index is 1470. The summed E-state index contributed by atoms with van der Waals surface area (Å²) in [6, 6.07) is 6.25. The van der Waals surface area contributed by atoms with Crippen molar-refractivity contribution in [3.63, 3.8) is 0 Å². The molecule has 2 aromatic rings. The lowest BCUT2D eigenvalue weighted by Gasteiger charge is -2.23. The quantitative estimate of drug-likeness (QED) is 0.0901. The molecular formula is C17H23N6O13P3. The molecule has 1 fully saturated rings. The Labute approximate surface area is 218 Å². The van der Waals surface area contributed by atoms with Crippen molar-refractivity contribution in [3.05, 3.63) is 73.4 Å². The van der Waals surface area contributed by atoms with Crippen LogP contribution < -0.4 is 22.3 Å². The fraction of sp³-hybridized carbons (Fsp3) is 0.412. The van der Waals surface area contributed by atoms with E-state index in [2.05, 4.69) is 23.6 Å². The van der Waals surface area contributed by atoms with Gasteiger partial charge in [0.15, 0.2) is 0 Å². The van der Waals surface area contributed by atoms with Gasteiger partial charge in [0.05, 0.1) is 18.0 Å². The molecule has 3 rings (SSSR count). The number of phosphoric acid groups is 2. The van der Waals surface area contributed by atoms with Crippen LogP contribution in [0.1, 0.15) is 18.2 Å². The average Bonchev–Trinajstić information content (AvgIpc) is 3.25. The number of rotatable bonds is 13. The third-order valence-corrected chi connectivity index (χ3v) is 9.86. The number of aromatic amines is 1. The second kappa shape index (κ2) is 12.8. The van der Waals surface area contributed by atoms with Gasteiger partial charge in [0.1, 0.15) is 19.1 Å². The van der Waals surface area contributed by atoms with Gasteiger partial charge < -0.3 is 29.9 Å². The molecule has 0 saturated carbocycles. The summed E-state index contributed by atoms with van der Waals surface area (Å²) >= 11 is 0. The van der Waals surface area contributed by atoms with E-state index in [4.69, 9.17) is 35.0 Å². The van der Waals surface area contributed by atoms with E-state index >= 15 is 0 Å². The van der Waals surface area contributed by atoms with E-state index in [9.17, 15) is 28.2 Å². The zero-order chi connectivity index (χ0) is 28.8. The number of aromatic nitrogens is 2. The predicted octanol–water partition coefficient (Wildman–Crippen LogP) is 0.697. The van der Waals surface area contributed by atoms with Gasteiger partial charge in [-0.05, 0) is 17.7 Å². The average molecular weight is 612 g/mol. The minimum atomic E-state index is -5.49. The second-order valence-corrected chi connectivity index (χ2v) is 12.7. The number of H-pyrrole nitrogens is 1. The Hall–Kier alpha value is -2.46. The predicted molar refractivity (Wildman–Crippen MR) is 130 cm³/mol. The summed E-state index contributed by atoms with van der Waals surface area (Å²) in [5.41, 5.74) is 12.5. The molecule has 0 aliphatic carbocycles. The summed E-state index contributed by atoms with van der Waals surface area (Å²) in [5, 5.41) is 2.77. The first-order valence-corrected chi connectivity index (χ1v) is 15.3. The highest BCUT2D eigenvalue weighted by molar-refractivity contribution is 7.74. The summed E-state index contributed by atoms with van der Waals surface area (Å²) in [6.45, 7) is -1.50. The molecule has 1 aromatic heterocycles. The molecule has 2 heterocycles. The van der Waals surface area contributed by atoms with E-state index in [1.165, 1.54) is 18.2 Å². The zero-order valence-corrected chi connectivity index (χ0v) is 22.3. The molecule has 0 spiro atoms. The van der Waals surface area contributed by atoms with Crippen molar-refractivity contribution in [3.8, 4) is 0 Å². The normalized spacial score (nSPS) is 22.5. The highest BCUT2D eigenvalue weighted by atomic mass is 31.3. The van der Waals surface area contributed by atoms with Gasteiger partial charge in [-0.1, -0.05) is 23.3 Å². The Morgan fingerprint density at radius 1 is 1.18 bits per heavy atom. The molecule has 1 aliphatic heterocycles. The first kappa shape index (κ1) is 31.1. The van der Waals surface area contributed by atoms with Crippen LogP contribution in [0.3, 0.4) is 0 Å². The van der Waals surface area contributed by atoms with Crippen molar-refractivity contribution in [2.75, 3.05) is 13.3 Å². The third-order valence-electron chi connectivity index (χ3n) is 5.06. The maximum absolute atomic E-state index is 13.1. The van der Waals surface area contributed by atoms with Gasteiger partial charge in [-0.3, -0.25) is 23.4 Å². The van der Waals surface area contributed by atoms with Crippen LogP contribution in [0.2, 0.25) is 0 Å². The van der Waals surface area contributed by atoms with Crippen molar-refractivity contribution in [1.82, 2.24) is 9.55 Å². The molecule has 1 aromatic carbocycles. The zero-order valence-electron chi connectivity index (χ0n) is 19.7. The Morgan fingerprint density at radius 3 is 2.49 bits per heavy atom. The fourth-order valence-electron chi connectivity index (χ4n) is 3.42. The number of benzene rings is 1. The number of nitrogens with zero attached hydrogens (tertiary/aromatic N) is 4. The van der Waals surface area contributed by atoms with Crippen LogP contribution in [-0.4, -0.2) is 49.8 Å². The Morgan fingerprint density at radius 2 is 1.87 bits per heavy atom. The minimum absolute atomic E-state index is 0.0550. The SMILES string of the molecule is [N-]=[N+]=NCOC1CC(n2cc(CN)c(=O)[nH]c2=O)OC1COP(=O)(O)OP(=O)(OP(=O)(O)O)c1ccccc1. The lowest BCUT2D eigenvalue weighted by molar-refractivity contribution is -0.0599. The maximum atomic E-state index is 13.1. The van der Waals surface area contributed by atoms with Gasteiger partial charge in [-0.25, -0.2) is 22.5 Å². The molecule has 6 N–H and O–H groups in total. The number of nitrogens with two attached hydrogens (primary N) is 1. The Kier molecular flexibility index (Phi) is 10.2. The number of azide groups is 1. The van der Waals surface area contributed by atoms with Crippen LogP contribution in [0.15, 0.2) is 51.2 Å².